The minimum absolute atomic E-state index is 0.0327. The quantitative estimate of drug-likeness (QED) is 0.846. The molecule has 5 heteroatoms. The fraction of sp³-hybridized carbons (Fsp3) is 0.562. The van der Waals surface area contributed by atoms with E-state index in [1.165, 1.54) is 18.2 Å². The maximum absolute atomic E-state index is 13.5. The van der Waals surface area contributed by atoms with Crippen LogP contribution in [0.1, 0.15) is 31.7 Å². The van der Waals surface area contributed by atoms with E-state index in [2.05, 4.69) is 10.6 Å². The summed E-state index contributed by atoms with van der Waals surface area (Å²) in [6.07, 6.45) is 2.61. The highest BCUT2D eigenvalue weighted by Crippen LogP contribution is 2.16. The maximum atomic E-state index is 13.5. The highest BCUT2D eigenvalue weighted by molar-refractivity contribution is 5.76. The second-order valence-corrected chi connectivity index (χ2v) is 5.77. The molecule has 1 aliphatic rings. The van der Waals surface area contributed by atoms with Gasteiger partial charge in [0.25, 0.3) is 0 Å². The normalized spacial score (nSPS) is 19.5. The Bertz CT molecular complexity index is 467. The fourth-order valence-electron chi connectivity index (χ4n) is 2.73. The lowest BCUT2D eigenvalue weighted by atomic mass is 10.0. The van der Waals surface area contributed by atoms with Crippen LogP contribution in [-0.2, 0) is 11.2 Å². The molecule has 2 atom stereocenters. The number of halogens is 2. The van der Waals surface area contributed by atoms with E-state index in [-0.39, 0.29) is 23.9 Å². The van der Waals surface area contributed by atoms with Crippen molar-refractivity contribution in [1.82, 2.24) is 10.6 Å². The SMILES string of the molecule is CC(Cc1c(F)cccc1F)NC(=O)CCC1CCNC1. The van der Waals surface area contributed by atoms with Gasteiger partial charge in [-0.05, 0) is 57.3 Å². The highest BCUT2D eigenvalue weighted by atomic mass is 19.1. The lowest BCUT2D eigenvalue weighted by Gasteiger charge is -2.15. The fourth-order valence-corrected chi connectivity index (χ4v) is 2.73. The van der Waals surface area contributed by atoms with E-state index in [9.17, 15) is 13.6 Å². The predicted octanol–water partition coefficient (Wildman–Crippen LogP) is 2.40. The first-order chi connectivity index (χ1) is 10.1. The zero-order valence-electron chi connectivity index (χ0n) is 12.3. The summed E-state index contributed by atoms with van der Waals surface area (Å²) in [6, 6.07) is 3.53. The number of benzene rings is 1. The molecule has 0 bridgehead atoms. The second-order valence-electron chi connectivity index (χ2n) is 5.77. The van der Waals surface area contributed by atoms with E-state index in [1.807, 2.05) is 0 Å². The Hall–Kier alpha value is -1.49. The molecule has 2 rings (SSSR count). The third kappa shape index (κ3) is 4.77. The number of hydrogen-bond acceptors (Lipinski definition) is 2. The van der Waals surface area contributed by atoms with Gasteiger partial charge in [-0.25, -0.2) is 8.78 Å². The Morgan fingerprint density at radius 2 is 2.14 bits per heavy atom. The number of rotatable bonds is 6. The summed E-state index contributed by atoms with van der Waals surface area (Å²) in [5, 5.41) is 6.08. The Kier molecular flexibility index (Phi) is 5.67. The molecule has 1 aromatic rings. The van der Waals surface area contributed by atoms with Gasteiger partial charge in [-0.1, -0.05) is 6.07 Å². The van der Waals surface area contributed by atoms with Crippen LogP contribution in [0.5, 0.6) is 0 Å². The summed E-state index contributed by atoms with van der Waals surface area (Å²) in [7, 11) is 0. The van der Waals surface area contributed by atoms with Gasteiger partial charge in [0.2, 0.25) is 5.91 Å². The lowest BCUT2D eigenvalue weighted by Crippen LogP contribution is -2.34. The summed E-state index contributed by atoms with van der Waals surface area (Å²) >= 11 is 0. The van der Waals surface area contributed by atoms with E-state index < -0.39 is 11.6 Å². The van der Waals surface area contributed by atoms with Crippen LogP contribution in [0.15, 0.2) is 18.2 Å². The zero-order chi connectivity index (χ0) is 15.2. The van der Waals surface area contributed by atoms with Gasteiger partial charge >= 0.3 is 0 Å². The van der Waals surface area contributed by atoms with Crippen LogP contribution in [0.3, 0.4) is 0 Å². The van der Waals surface area contributed by atoms with Crippen LogP contribution in [0.2, 0.25) is 0 Å². The molecule has 1 heterocycles. The van der Waals surface area contributed by atoms with E-state index >= 15 is 0 Å². The molecular weight excluding hydrogens is 274 g/mol. The van der Waals surface area contributed by atoms with Crippen molar-refractivity contribution in [2.24, 2.45) is 5.92 Å². The van der Waals surface area contributed by atoms with Gasteiger partial charge in [-0.15, -0.1) is 0 Å². The number of amides is 1. The standard InChI is InChI=1S/C16H22F2N2O/c1-11(9-13-14(17)3-2-4-15(13)18)20-16(21)6-5-12-7-8-19-10-12/h2-4,11-12,19H,5-10H2,1H3,(H,20,21). The number of carbonyl (C=O) groups excluding carboxylic acids is 1. The lowest BCUT2D eigenvalue weighted by molar-refractivity contribution is -0.121. The molecule has 1 saturated heterocycles. The molecule has 1 fully saturated rings. The van der Waals surface area contributed by atoms with Gasteiger partial charge in [-0.3, -0.25) is 4.79 Å². The Morgan fingerprint density at radius 3 is 2.76 bits per heavy atom. The predicted molar refractivity (Wildman–Crippen MR) is 77.9 cm³/mol. The van der Waals surface area contributed by atoms with Crippen molar-refractivity contribution < 1.29 is 13.6 Å². The van der Waals surface area contributed by atoms with E-state index in [4.69, 9.17) is 0 Å². The number of hydrogen-bond donors (Lipinski definition) is 2. The van der Waals surface area contributed by atoms with E-state index in [0.29, 0.717) is 12.3 Å². The molecule has 0 aromatic heterocycles. The van der Waals surface area contributed by atoms with Crippen LogP contribution < -0.4 is 10.6 Å². The third-order valence-electron chi connectivity index (χ3n) is 3.92. The van der Waals surface area contributed by atoms with Crippen LogP contribution in [0, 0.1) is 17.6 Å². The average molecular weight is 296 g/mol. The van der Waals surface area contributed by atoms with Crippen LogP contribution >= 0.6 is 0 Å². The van der Waals surface area contributed by atoms with Crippen molar-refractivity contribution >= 4 is 5.91 Å². The number of carbonyl (C=O) groups is 1. The van der Waals surface area contributed by atoms with Crippen molar-refractivity contribution in [3.63, 3.8) is 0 Å². The van der Waals surface area contributed by atoms with Crippen molar-refractivity contribution in [1.29, 1.82) is 0 Å². The van der Waals surface area contributed by atoms with Crippen LogP contribution in [-0.4, -0.2) is 25.0 Å². The first-order valence-electron chi connectivity index (χ1n) is 7.49. The summed E-state index contributed by atoms with van der Waals surface area (Å²) in [6.45, 7) is 3.76. The zero-order valence-corrected chi connectivity index (χ0v) is 12.3. The minimum atomic E-state index is -0.562. The molecule has 0 radical (unpaired) electrons. The van der Waals surface area contributed by atoms with Gasteiger partial charge in [0.05, 0.1) is 0 Å². The first-order valence-corrected chi connectivity index (χ1v) is 7.49. The van der Waals surface area contributed by atoms with Crippen molar-refractivity contribution in [3.05, 3.63) is 35.4 Å². The maximum Gasteiger partial charge on any atom is 0.220 e. The summed E-state index contributed by atoms with van der Waals surface area (Å²) in [5.41, 5.74) is 0.0327. The summed E-state index contributed by atoms with van der Waals surface area (Å²) < 4.78 is 27.1. The van der Waals surface area contributed by atoms with Crippen molar-refractivity contribution in [3.8, 4) is 0 Å². The van der Waals surface area contributed by atoms with Gasteiger partial charge in [0, 0.05) is 18.0 Å². The Balaban J connectivity index is 1.78. The smallest absolute Gasteiger partial charge is 0.220 e. The topological polar surface area (TPSA) is 41.1 Å². The first kappa shape index (κ1) is 15.9. The average Bonchev–Trinajstić information content (AvgIpc) is 2.94. The van der Waals surface area contributed by atoms with E-state index in [0.717, 1.165) is 25.9 Å². The van der Waals surface area contributed by atoms with Gasteiger partial charge < -0.3 is 10.6 Å². The van der Waals surface area contributed by atoms with Gasteiger partial charge in [0.1, 0.15) is 11.6 Å². The molecule has 1 aromatic carbocycles. The Labute approximate surface area is 124 Å². The van der Waals surface area contributed by atoms with Gasteiger partial charge in [-0.2, -0.15) is 0 Å². The minimum Gasteiger partial charge on any atom is -0.353 e. The Morgan fingerprint density at radius 1 is 1.43 bits per heavy atom. The summed E-state index contributed by atoms with van der Waals surface area (Å²) in [5.74, 6) is -0.609. The van der Waals surface area contributed by atoms with Crippen molar-refractivity contribution in [2.45, 2.75) is 38.6 Å². The van der Waals surface area contributed by atoms with Crippen LogP contribution in [0.4, 0.5) is 8.78 Å². The molecule has 2 N–H and O–H groups in total. The molecule has 1 aliphatic heterocycles. The second kappa shape index (κ2) is 7.50. The molecule has 2 unspecified atom stereocenters. The largest absolute Gasteiger partial charge is 0.353 e. The van der Waals surface area contributed by atoms with Crippen molar-refractivity contribution in [2.75, 3.05) is 13.1 Å². The molecule has 3 nitrogen and oxygen atoms in total. The third-order valence-corrected chi connectivity index (χ3v) is 3.92. The molecule has 0 spiro atoms. The molecule has 0 saturated carbocycles. The molecular formula is C16H22F2N2O. The molecule has 116 valence electrons. The number of nitrogens with one attached hydrogen (secondary N) is 2. The van der Waals surface area contributed by atoms with E-state index in [1.54, 1.807) is 6.92 Å². The molecule has 0 aliphatic carbocycles. The molecule has 1 amide bonds. The molecule has 21 heavy (non-hydrogen) atoms. The summed E-state index contributed by atoms with van der Waals surface area (Å²) in [4.78, 5) is 11.9. The van der Waals surface area contributed by atoms with Crippen LogP contribution in [0.25, 0.3) is 0 Å². The van der Waals surface area contributed by atoms with Gasteiger partial charge in [0.15, 0.2) is 0 Å². The highest BCUT2D eigenvalue weighted by Gasteiger charge is 2.17. The monoisotopic (exact) mass is 296 g/mol.